The molecule has 26 heavy (non-hydrogen) atoms. The van der Waals surface area contributed by atoms with E-state index in [2.05, 4.69) is 15.8 Å². The zero-order chi connectivity index (χ0) is 18.4. The van der Waals surface area contributed by atoms with Gasteiger partial charge in [-0.3, -0.25) is 5.43 Å². The first-order valence-corrected chi connectivity index (χ1v) is 8.23. The molecule has 0 fully saturated rings. The van der Waals surface area contributed by atoms with Gasteiger partial charge in [0.2, 0.25) is 0 Å². The number of rotatable bonds is 6. The van der Waals surface area contributed by atoms with Gasteiger partial charge in [-0.25, -0.2) is 0 Å². The van der Waals surface area contributed by atoms with Crippen LogP contribution in [0, 0.1) is 0 Å². The summed E-state index contributed by atoms with van der Waals surface area (Å²) in [7, 11) is 1.64. The van der Waals surface area contributed by atoms with Gasteiger partial charge in [0, 0.05) is 16.9 Å². The van der Waals surface area contributed by atoms with E-state index in [0.717, 1.165) is 22.8 Å². The number of aliphatic hydroxyl groups is 2. The van der Waals surface area contributed by atoms with Gasteiger partial charge in [0.15, 0.2) is 0 Å². The minimum absolute atomic E-state index is 0.0317. The van der Waals surface area contributed by atoms with Crippen molar-refractivity contribution >= 4 is 23.3 Å². The maximum absolute atomic E-state index is 9.78. The maximum Gasteiger partial charge on any atom is 0.122 e. The summed E-state index contributed by atoms with van der Waals surface area (Å²) in [5, 5.41) is 26.7. The van der Waals surface area contributed by atoms with Crippen molar-refractivity contribution in [2.45, 2.75) is 12.5 Å². The number of benzene rings is 2. The fourth-order valence-electron chi connectivity index (χ4n) is 2.50. The number of aliphatic hydroxyl groups excluding tert-OH is 2. The number of nitrogens with zero attached hydrogens (tertiary/aromatic N) is 1. The highest BCUT2D eigenvalue weighted by Gasteiger charge is 2.10. The second-order valence-electron chi connectivity index (χ2n) is 5.82. The Hall–Kier alpha value is -3.25. The molecule has 1 aliphatic rings. The molecule has 2 aromatic carbocycles. The first-order valence-electron chi connectivity index (χ1n) is 8.23. The molecule has 1 aliphatic carbocycles. The molecule has 6 heteroatoms. The molecule has 0 bridgehead atoms. The minimum atomic E-state index is -0.638. The number of allylic oxidation sites excluding steroid dienone is 1. The van der Waals surface area contributed by atoms with E-state index in [9.17, 15) is 10.2 Å². The second-order valence-corrected chi connectivity index (χ2v) is 5.82. The number of methoxy groups -OCH3 is 1. The summed E-state index contributed by atoms with van der Waals surface area (Å²) in [6, 6.07) is 15.4. The third kappa shape index (κ3) is 4.64. The van der Waals surface area contributed by atoms with Gasteiger partial charge in [0.25, 0.3) is 0 Å². The molecule has 0 aromatic heterocycles. The lowest BCUT2D eigenvalue weighted by molar-refractivity contribution is 0.218. The molecule has 134 valence electrons. The molecule has 4 N–H and O–H groups in total. The van der Waals surface area contributed by atoms with E-state index in [1.165, 1.54) is 12.3 Å². The van der Waals surface area contributed by atoms with Crippen molar-refractivity contribution in [3.8, 4) is 5.75 Å². The molecule has 0 heterocycles. The summed E-state index contributed by atoms with van der Waals surface area (Å²) < 4.78 is 5.15. The van der Waals surface area contributed by atoms with Crippen LogP contribution >= 0.6 is 0 Å². The van der Waals surface area contributed by atoms with E-state index in [0.29, 0.717) is 12.0 Å². The van der Waals surface area contributed by atoms with Gasteiger partial charge in [-0.1, -0.05) is 12.1 Å². The topological polar surface area (TPSA) is 86.1 Å². The average molecular weight is 351 g/mol. The van der Waals surface area contributed by atoms with Gasteiger partial charge in [0.05, 0.1) is 25.1 Å². The van der Waals surface area contributed by atoms with E-state index in [1.54, 1.807) is 13.2 Å². The predicted octanol–water partition coefficient (Wildman–Crippen LogP) is 3.97. The van der Waals surface area contributed by atoms with E-state index in [4.69, 9.17) is 4.74 Å². The molecule has 0 radical (unpaired) electrons. The number of hydrogen-bond acceptors (Lipinski definition) is 6. The second kappa shape index (κ2) is 8.22. The van der Waals surface area contributed by atoms with Gasteiger partial charge in [-0.2, -0.15) is 5.10 Å². The number of nitrogens with one attached hydrogen (secondary N) is 2. The molecule has 6 nitrogen and oxygen atoms in total. The summed E-state index contributed by atoms with van der Waals surface area (Å²) in [5.74, 6) is 0.839. The predicted molar refractivity (Wildman–Crippen MR) is 104 cm³/mol. The Morgan fingerprint density at radius 2 is 1.88 bits per heavy atom. The Morgan fingerprint density at radius 3 is 2.62 bits per heavy atom. The molecule has 1 unspecified atom stereocenters. The molecule has 2 aromatic rings. The molecule has 0 amide bonds. The Morgan fingerprint density at radius 1 is 1.12 bits per heavy atom. The van der Waals surface area contributed by atoms with Crippen LogP contribution in [0.25, 0.3) is 0 Å². The SMILES string of the molecule is COc1ccc(Nc2cccc(N/N=C/C3=CCC(O)C=C3O)c2)cc1. The van der Waals surface area contributed by atoms with Crippen molar-refractivity contribution in [1.82, 2.24) is 0 Å². The molecular formula is C20H21N3O3. The van der Waals surface area contributed by atoms with Gasteiger partial charge >= 0.3 is 0 Å². The fourth-order valence-corrected chi connectivity index (χ4v) is 2.50. The zero-order valence-corrected chi connectivity index (χ0v) is 14.4. The summed E-state index contributed by atoms with van der Waals surface area (Å²) in [6.07, 6.45) is 4.50. The summed E-state index contributed by atoms with van der Waals surface area (Å²) in [6.45, 7) is 0. The van der Waals surface area contributed by atoms with E-state index >= 15 is 0 Å². The van der Waals surface area contributed by atoms with Crippen LogP contribution in [0.1, 0.15) is 6.42 Å². The van der Waals surface area contributed by atoms with Crippen LogP contribution in [0.3, 0.4) is 0 Å². The Balaban J connectivity index is 1.62. The number of ether oxygens (including phenoxy) is 1. The lowest BCUT2D eigenvalue weighted by Gasteiger charge is -2.11. The third-order valence-corrected chi connectivity index (χ3v) is 3.86. The lowest BCUT2D eigenvalue weighted by Crippen LogP contribution is -2.09. The Bertz CT molecular complexity index is 842. The van der Waals surface area contributed by atoms with Crippen LogP contribution in [0.5, 0.6) is 5.75 Å². The van der Waals surface area contributed by atoms with Gasteiger partial charge in [-0.15, -0.1) is 0 Å². The summed E-state index contributed by atoms with van der Waals surface area (Å²) >= 11 is 0. The van der Waals surface area contributed by atoms with Gasteiger partial charge in [0.1, 0.15) is 11.5 Å². The number of anilines is 3. The van der Waals surface area contributed by atoms with Crippen molar-refractivity contribution < 1.29 is 14.9 Å². The van der Waals surface area contributed by atoms with Crippen LogP contribution in [0.15, 0.2) is 77.1 Å². The van der Waals surface area contributed by atoms with Crippen LogP contribution in [0.4, 0.5) is 17.1 Å². The van der Waals surface area contributed by atoms with Crippen molar-refractivity contribution in [1.29, 1.82) is 0 Å². The van der Waals surface area contributed by atoms with Crippen molar-refractivity contribution in [2.75, 3.05) is 17.9 Å². The largest absolute Gasteiger partial charge is 0.508 e. The average Bonchev–Trinajstić information content (AvgIpc) is 2.64. The highest BCUT2D eigenvalue weighted by atomic mass is 16.5. The van der Waals surface area contributed by atoms with E-state index in [1.807, 2.05) is 48.5 Å². The number of hydrazone groups is 1. The highest BCUT2D eigenvalue weighted by molar-refractivity contribution is 5.84. The quantitative estimate of drug-likeness (QED) is 0.467. The van der Waals surface area contributed by atoms with Crippen molar-refractivity contribution in [2.24, 2.45) is 5.10 Å². The molecule has 3 rings (SSSR count). The van der Waals surface area contributed by atoms with Crippen molar-refractivity contribution in [3.63, 3.8) is 0 Å². The molecule has 0 spiro atoms. The Labute approximate surface area is 152 Å². The minimum Gasteiger partial charge on any atom is -0.508 e. The summed E-state index contributed by atoms with van der Waals surface area (Å²) in [5.41, 5.74) is 6.19. The first kappa shape index (κ1) is 17.6. The van der Waals surface area contributed by atoms with Gasteiger partial charge < -0.3 is 20.3 Å². The van der Waals surface area contributed by atoms with Gasteiger partial charge in [-0.05, 0) is 55.0 Å². The first-order chi connectivity index (χ1) is 12.6. The van der Waals surface area contributed by atoms with Crippen LogP contribution in [0.2, 0.25) is 0 Å². The van der Waals surface area contributed by atoms with Crippen LogP contribution < -0.4 is 15.5 Å². The molecule has 0 aliphatic heterocycles. The smallest absolute Gasteiger partial charge is 0.122 e. The third-order valence-electron chi connectivity index (χ3n) is 3.86. The maximum atomic E-state index is 9.78. The lowest BCUT2D eigenvalue weighted by atomic mass is 10.0. The highest BCUT2D eigenvalue weighted by Crippen LogP contribution is 2.22. The van der Waals surface area contributed by atoms with E-state index < -0.39 is 6.10 Å². The van der Waals surface area contributed by atoms with Crippen LogP contribution in [-0.4, -0.2) is 29.6 Å². The molecular weight excluding hydrogens is 330 g/mol. The Kier molecular flexibility index (Phi) is 5.56. The molecule has 0 saturated heterocycles. The number of hydrogen-bond donors (Lipinski definition) is 4. The van der Waals surface area contributed by atoms with E-state index in [-0.39, 0.29) is 5.76 Å². The summed E-state index contributed by atoms with van der Waals surface area (Å²) in [4.78, 5) is 0. The molecule has 1 atom stereocenters. The fraction of sp³-hybridized carbons (Fsp3) is 0.150. The molecule has 0 saturated carbocycles. The van der Waals surface area contributed by atoms with Crippen molar-refractivity contribution in [3.05, 3.63) is 72.0 Å². The zero-order valence-electron chi connectivity index (χ0n) is 14.4. The standard InChI is InChI=1S/C20H21N3O3/c1-26-19-9-6-15(7-10-19)22-16-3-2-4-17(11-16)23-21-13-14-5-8-18(24)12-20(14)25/h2-7,9-13,18,22-25H,8H2,1H3/b21-13+. The normalized spacial score (nSPS) is 16.8. The van der Waals surface area contributed by atoms with Crippen LogP contribution in [-0.2, 0) is 0 Å². The monoisotopic (exact) mass is 351 g/mol.